The van der Waals surface area contributed by atoms with Gasteiger partial charge in [0.1, 0.15) is 0 Å². The van der Waals surface area contributed by atoms with Crippen molar-refractivity contribution in [3.05, 3.63) is 30.3 Å². The van der Waals surface area contributed by atoms with E-state index in [1.807, 2.05) is 6.07 Å². The molecule has 0 saturated carbocycles. The monoisotopic (exact) mass is 328 g/mol. The average molecular weight is 328 g/mol. The van der Waals surface area contributed by atoms with Crippen molar-refractivity contribution in [1.82, 2.24) is 15.5 Å². The van der Waals surface area contributed by atoms with E-state index in [1.54, 1.807) is 0 Å². The van der Waals surface area contributed by atoms with E-state index >= 15 is 0 Å². The number of carbonyl (C=O) groups excluding carboxylic acids is 1. The number of benzene rings is 1. The summed E-state index contributed by atoms with van der Waals surface area (Å²) in [5.74, 6) is 0.318. The summed E-state index contributed by atoms with van der Waals surface area (Å²) < 4.78 is 0. The van der Waals surface area contributed by atoms with Crippen LogP contribution in [0.1, 0.15) is 19.3 Å². The molecule has 0 aromatic heterocycles. The first-order chi connectivity index (χ1) is 11.8. The fourth-order valence-electron chi connectivity index (χ4n) is 4.47. The Bertz CT molecular complexity index is 562. The van der Waals surface area contributed by atoms with E-state index in [0.717, 1.165) is 52.2 Å². The number of anilines is 1. The third-order valence-electron chi connectivity index (χ3n) is 6.04. The Hall–Kier alpha value is -1.59. The molecule has 24 heavy (non-hydrogen) atoms. The third kappa shape index (κ3) is 3.15. The number of nitrogens with one attached hydrogen (secondary N) is 2. The first kappa shape index (κ1) is 15.9. The van der Waals surface area contributed by atoms with Gasteiger partial charge in [0.05, 0.1) is 6.04 Å². The first-order valence-corrected chi connectivity index (χ1v) is 9.29. The van der Waals surface area contributed by atoms with Crippen molar-refractivity contribution in [2.75, 3.05) is 50.7 Å². The number of hydrogen-bond donors (Lipinski definition) is 2. The van der Waals surface area contributed by atoms with E-state index < -0.39 is 0 Å². The van der Waals surface area contributed by atoms with Crippen LogP contribution < -0.4 is 15.5 Å². The molecule has 4 rings (SSSR count). The quantitative estimate of drug-likeness (QED) is 0.852. The van der Waals surface area contributed by atoms with Gasteiger partial charge in [0.2, 0.25) is 5.91 Å². The lowest BCUT2D eigenvalue weighted by Gasteiger charge is -2.37. The predicted octanol–water partition coefficient (Wildman–Crippen LogP) is 1.07. The Labute approximate surface area is 144 Å². The van der Waals surface area contributed by atoms with Crippen LogP contribution in [0.25, 0.3) is 0 Å². The Morgan fingerprint density at radius 3 is 2.46 bits per heavy atom. The minimum atomic E-state index is 0.0337. The highest BCUT2D eigenvalue weighted by atomic mass is 16.2. The number of rotatable bonds is 2. The van der Waals surface area contributed by atoms with Crippen molar-refractivity contribution in [1.29, 1.82) is 0 Å². The fourth-order valence-corrected chi connectivity index (χ4v) is 4.47. The molecule has 3 fully saturated rings. The molecular formula is C19H28N4O. The van der Waals surface area contributed by atoms with Crippen LogP contribution in [0.4, 0.5) is 5.69 Å². The average Bonchev–Trinajstić information content (AvgIpc) is 3.06. The third-order valence-corrected chi connectivity index (χ3v) is 6.04. The first-order valence-electron chi connectivity index (χ1n) is 9.29. The van der Waals surface area contributed by atoms with Gasteiger partial charge >= 0.3 is 0 Å². The number of hydrogen-bond acceptors (Lipinski definition) is 4. The van der Waals surface area contributed by atoms with Gasteiger partial charge in [0, 0.05) is 38.4 Å². The van der Waals surface area contributed by atoms with Gasteiger partial charge in [-0.25, -0.2) is 0 Å². The lowest BCUT2D eigenvalue weighted by atomic mass is 9.77. The maximum Gasteiger partial charge on any atom is 0.239 e. The number of nitrogens with zero attached hydrogens (tertiary/aromatic N) is 2. The van der Waals surface area contributed by atoms with Gasteiger partial charge in [-0.15, -0.1) is 0 Å². The minimum Gasteiger partial charge on any atom is -0.368 e. The summed E-state index contributed by atoms with van der Waals surface area (Å²) in [7, 11) is 0. The second-order valence-electron chi connectivity index (χ2n) is 7.54. The lowest BCUT2D eigenvalue weighted by Crippen LogP contribution is -2.53. The van der Waals surface area contributed by atoms with E-state index in [1.165, 1.54) is 18.5 Å². The fraction of sp³-hybridized carbons (Fsp3) is 0.632. The summed E-state index contributed by atoms with van der Waals surface area (Å²) >= 11 is 0. The Morgan fingerprint density at radius 2 is 1.75 bits per heavy atom. The summed E-state index contributed by atoms with van der Waals surface area (Å²) in [4.78, 5) is 17.3. The van der Waals surface area contributed by atoms with Gasteiger partial charge in [-0.1, -0.05) is 18.2 Å². The summed E-state index contributed by atoms with van der Waals surface area (Å²) in [5, 5.41) is 6.96. The highest BCUT2D eigenvalue weighted by molar-refractivity contribution is 5.82. The van der Waals surface area contributed by atoms with Crippen LogP contribution in [-0.2, 0) is 4.79 Å². The SMILES string of the molecule is O=C([C@H]1CC2(CCNCC2)CN1)N1CCN(c2ccccc2)CC1. The van der Waals surface area contributed by atoms with Gasteiger partial charge in [0.25, 0.3) is 0 Å². The van der Waals surface area contributed by atoms with Crippen molar-refractivity contribution in [3.8, 4) is 0 Å². The molecular weight excluding hydrogens is 300 g/mol. The Morgan fingerprint density at radius 1 is 1.04 bits per heavy atom. The largest absolute Gasteiger partial charge is 0.368 e. The van der Waals surface area contributed by atoms with Gasteiger partial charge < -0.3 is 20.4 Å². The van der Waals surface area contributed by atoms with E-state index in [4.69, 9.17) is 0 Å². The second-order valence-corrected chi connectivity index (χ2v) is 7.54. The topological polar surface area (TPSA) is 47.6 Å². The summed E-state index contributed by atoms with van der Waals surface area (Å²) in [5.41, 5.74) is 1.62. The van der Waals surface area contributed by atoms with Crippen LogP contribution in [0.2, 0.25) is 0 Å². The van der Waals surface area contributed by atoms with Crippen molar-refractivity contribution < 1.29 is 4.79 Å². The molecule has 3 aliphatic heterocycles. The van der Waals surface area contributed by atoms with Crippen LogP contribution >= 0.6 is 0 Å². The molecule has 3 saturated heterocycles. The molecule has 2 N–H and O–H groups in total. The normalized spacial score (nSPS) is 26.8. The molecule has 5 heteroatoms. The van der Waals surface area contributed by atoms with E-state index in [-0.39, 0.29) is 6.04 Å². The summed E-state index contributed by atoms with van der Waals surface area (Å²) in [6.45, 7) is 6.72. The molecule has 1 spiro atoms. The number of piperazine rings is 1. The molecule has 0 radical (unpaired) electrons. The summed E-state index contributed by atoms with van der Waals surface area (Å²) in [6.07, 6.45) is 3.42. The minimum absolute atomic E-state index is 0.0337. The molecule has 1 amide bonds. The molecule has 3 aliphatic rings. The summed E-state index contributed by atoms with van der Waals surface area (Å²) in [6, 6.07) is 10.5. The number of amides is 1. The number of para-hydroxylation sites is 1. The van der Waals surface area contributed by atoms with Crippen molar-refractivity contribution in [3.63, 3.8) is 0 Å². The van der Waals surface area contributed by atoms with Gasteiger partial charge in [0.15, 0.2) is 0 Å². The van der Waals surface area contributed by atoms with Gasteiger partial charge in [-0.2, -0.15) is 0 Å². The highest BCUT2D eigenvalue weighted by Crippen LogP contribution is 2.37. The molecule has 1 aromatic carbocycles. The van der Waals surface area contributed by atoms with Crippen LogP contribution in [0, 0.1) is 5.41 Å². The van der Waals surface area contributed by atoms with Crippen molar-refractivity contribution in [2.45, 2.75) is 25.3 Å². The zero-order valence-corrected chi connectivity index (χ0v) is 14.3. The maximum absolute atomic E-state index is 12.9. The Kier molecular flexibility index (Phi) is 4.46. The van der Waals surface area contributed by atoms with Crippen LogP contribution in [0.15, 0.2) is 30.3 Å². The van der Waals surface area contributed by atoms with Gasteiger partial charge in [-0.05, 0) is 49.9 Å². The highest BCUT2D eigenvalue weighted by Gasteiger charge is 2.43. The molecule has 5 nitrogen and oxygen atoms in total. The smallest absolute Gasteiger partial charge is 0.239 e. The number of piperidine rings is 1. The predicted molar refractivity (Wildman–Crippen MR) is 96.2 cm³/mol. The lowest BCUT2D eigenvalue weighted by molar-refractivity contribution is -0.133. The van der Waals surface area contributed by atoms with E-state index in [2.05, 4.69) is 44.7 Å². The van der Waals surface area contributed by atoms with Crippen molar-refractivity contribution >= 4 is 11.6 Å². The molecule has 0 bridgehead atoms. The second kappa shape index (κ2) is 6.73. The Balaban J connectivity index is 1.32. The molecule has 0 aliphatic carbocycles. The zero-order chi connectivity index (χ0) is 16.4. The molecule has 1 atom stereocenters. The molecule has 3 heterocycles. The standard InChI is InChI=1S/C19H28N4O/c24-18(17-14-19(15-21-17)6-8-20-9-7-19)23-12-10-22(11-13-23)16-4-2-1-3-5-16/h1-5,17,20-21H,6-15H2/t17-/m1/s1. The van der Waals surface area contributed by atoms with Crippen LogP contribution in [0.3, 0.4) is 0 Å². The zero-order valence-electron chi connectivity index (χ0n) is 14.3. The van der Waals surface area contributed by atoms with E-state index in [0.29, 0.717) is 11.3 Å². The van der Waals surface area contributed by atoms with Crippen molar-refractivity contribution in [2.24, 2.45) is 5.41 Å². The number of carbonyl (C=O) groups is 1. The molecule has 0 unspecified atom stereocenters. The maximum atomic E-state index is 12.9. The van der Waals surface area contributed by atoms with Crippen LogP contribution in [-0.4, -0.2) is 62.7 Å². The van der Waals surface area contributed by atoms with Crippen LogP contribution in [0.5, 0.6) is 0 Å². The molecule has 1 aromatic rings. The van der Waals surface area contributed by atoms with Gasteiger partial charge in [-0.3, -0.25) is 4.79 Å². The van der Waals surface area contributed by atoms with E-state index in [9.17, 15) is 4.79 Å². The molecule has 130 valence electrons.